The van der Waals surface area contributed by atoms with E-state index in [0.29, 0.717) is 0 Å². The Hall–Kier alpha value is 2.04. The first-order chi connectivity index (χ1) is 1.73. The standard InChI is InChI=1S/4Co.6FH.3O.Ti/h;;;;6*1H;;;;/q4*+2;;;;;;;;2*-1;/p-6. The van der Waals surface area contributed by atoms with Crippen LogP contribution in [0.4, 0.5) is 0 Å². The maximum absolute atomic E-state index is 8.58. The van der Waals surface area contributed by atoms with Gasteiger partial charge in [-0.05, 0) is 0 Å². The molecule has 0 aliphatic rings. The summed E-state index contributed by atoms with van der Waals surface area (Å²) in [6.45, 7) is 0. The van der Waals surface area contributed by atoms with Crippen LogP contribution in [-0.2, 0) is 89.1 Å². The van der Waals surface area contributed by atoms with Gasteiger partial charge in [0, 0.05) is 0 Å². The molecule has 0 aromatic carbocycles. The Morgan fingerprint density at radius 2 is 0.571 bits per heavy atom. The summed E-state index contributed by atoms with van der Waals surface area (Å²) < 4.78 is 25.8. The van der Waals surface area contributed by atoms with Crippen molar-refractivity contribution < 1.29 is 125 Å². The first-order valence-corrected chi connectivity index (χ1v) is 2.52. The van der Waals surface area contributed by atoms with E-state index in [1.165, 1.54) is 0 Å². The quantitative estimate of drug-likeness (QED) is 0.275. The number of hydrogen-bond donors (Lipinski definition) is 0. The fourth-order valence-electron chi connectivity index (χ4n) is 0. The van der Waals surface area contributed by atoms with Crippen molar-refractivity contribution in [2.75, 3.05) is 0 Å². The summed E-state index contributed by atoms with van der Waals surface area (Å²) in [5.41, 5.74) is 0. The van der Waals surface area contributed by atoms with Crippen LogP contribution in [0.15, 0.2) is 0 Å². The SMILES string of the molecule is [Co+2].[Co+2].[Co+2].[Co+2].[F-].[F-].[F-].[F-].[F-].[F-].[O]=[Ti]([O-])[O-]. The average Bonchev–Trinajstić information content (AvgIpc) is 0.811. The van der Waals surface area contributed by atoms with Gasteiger partial charge in [-0.2, -0.15) is 0 Å². The molecule has 14 heavy (non-hydrogen) atoms. The first kappa shape index (κ1) is 143. The summed E-state index contributed by atoms with van der Waals surface area (Å²) in [7, 11) is 0. The third kappa shape index (κ3) is 574. The molecule has 0 aromatic heterocycles. The van der Waals surface area contributed by atoms with Crippen LogP contribution in [0.25, 0.3) is 0 Å². The number of halogens is 6. The van der Waals surface area contributed by atoms with Crippen LogP contribution < -0.4 is 35.6 Å². The van der Waals surface area contributed by atoms with Crippen LogP contribution in [0.2, 0.25) is 0 Å². The minimum atomic E-state index is -4.08. The van der Waals surface area contributed by atoms with Gasteiger partial charge in [0.15, 0.2) is 0 Å². The van der Waals surface area contributed by atoms with Crippen LogP contribution in [0, 0.1) is 0 Å². The van der Waals surface area contributed by atoms with E-state index < -0.39 is 18.6 Å². The molecule has 0 unspecified atom stereocenters. The van der Waals surface area contributed by atoms with Crippen LogP contribution in [0.5, 0.6) is 0 Å². The maximum atomic E-state index is 8.58. The zero-order valence-electron chi connectivity index (χ0n) is 5.33. The van der Waals surface area contributed by atoms with Gasteiger partial charge in [0.05, 0.1) is 0 Å². The third-order valence-corrected chi connectivity index (χ3v) is 0. The molecule has 0 rings (SSSR count). The molecule has 0 bridgehead atoms. The van der Waals surface area contributed by atoms with Gasteiger partial charge in [-0.25, -0.2) is 0 Å². The molecule has 0 aliphatic heterocycles. The second-order valence-electron chi connectivity index (χ2n) is 0.250. The van der Waals surface area contributed by atoms with Crippen molar-refractivity contribution >= 4 is 0 Å². The molecular formula is Co4F6O3Ti. The Labute approximate surface area is 124 Å². The molecule has 0 aromatic rings. The molecule has 14 heteroatoms. The molecule has 0 saturated carbocycles. The van der Waals surface area contributed by atoms with E-state index in [0.717, 1.165) is 0 Å². The number of rotatable bonds is 0. The zero-order valence-corrected chi connectivity index (χ0v) is 11.1. The Balaban J connectivity index is -0.000000001000. The van der Waals surface area contributed by atoms with Crippen molar-refractivity contribution in [3.8, 4) is 0 Å². The van der Waals surface area contributed by atoms with Crippen LogP contribution in [0.3, 0.4) is 0 Å². The van der Waals surface area contributed by atoms with Crippen molar-refractivity contribution in [3.05, 3.63) is 0 Å². The van der Waals surface area contributed by atoms with Gasteiger partial charge in [-0.15, -0.1) is 0 Å². The molecule has 0 amide bonds. The van der Waals surface area contributed by atoms with Crippen molar-refractivity contribution in [2.24, 2.45) is 0 Å². The predicted octanol–water partition coefficient (Wildman–Crippen LogP) is -20.5. The Bertz CT molecular complexity index is 48.1. The third-order valence-electron chi connectivity index (χ3n) is 0. The molecular weight excluding hydrogens is 446 g/mol. The molecule has 0 heterocycles. The van der Waals surface area contributed by atoms with E-state index in [4.69, 9.17) is 10.7 Å². The van der Waals surface area contributed by atoms with Crippen LogP contribution >= 0.6 is 0 Å². The van der Waals surface area contributed by atoms with E-state index in [2.05, 4.69) is 0 Å². The van der Waals surface area contributed by atoms with Crippen molar-refractivity contribution in [1.82, 2.24) is 0 Å². The van der Waals surface area contributed by atoms with Gasteiger partial charge in [0.2, 0.25) is 0 Å². The van der Waals surface area contributed by atoms with Gasteiger partial charge in [0.1, 0.15) is 0 Å². The molecule has 0 N–H and O–H groups in total. The van der Waals surface area contributed by atoms with Crippen LogP contribution in [-0.4, -0.2) is 0 Å². The van der Waals surface area contributed by atoms with E-state index in [-0.39, 0.29) is 95.3 Å². The Kier molecular flexibility index (Phi) is 1190. The fraction of sp³-hybridized carbons (Fsp3) is 0. The van der Waals surface area contributed by atoms with Gasteiger partial charge in [-0.1, -0.05) is 0 Å². The summed E-state index contributed by atoms with van der Waals surface area (Å²) in [6.07, 6.45) is 0. The Morgan fingerprint density at radius 3 is 0.571 bits per heavy atom. The van der Waals surface area contributed by atoms with Gasteiger partial charge in [-0.3, -0.25) is 0 Å². The molecule has 3 nitrogen and oxygen atoms in total. The van der Waals surface area contributed by atoms with E-state index in [1.807, 2.05) is 0 Å². The van der Waals surface area contributed by atoms with E-state index in [1.54, 1.807) is 0 Å². The number of hydrogen-bond acceptors (Lipinski definition) is 3. The average molecular weight is 446 g/mol. The molecule has 0 spiro atoms. The van der Waals surface area contributed by atoms with Crippen molar-refractivity contribution in [2.45, 2.75) is 0 Å². The van der Waals surface area contributed by atoms with E-state index >= 15 is 0 Å². The fourth-order valence-corrected chi connectivity index (χ4v) is 0. The summed E-state index contributed by atoms with van der Waals surface area (Å²) in [5.74, 6) is 0. The van der Waals surface area contributed by atoms with Crippen molar-refractivity contribution in [3.63, 3.8) is 0 Å². The topological polar surface area (TPSA) is 63.2 Å². The predicted molar refractivity (Wildman–Crippen MR) is 0.686 cm³/mol. The van der Waals surface area contributed by atoms with Crippen molar-refractivity contribution in [1.29, 1.82) is 0 Å². The summed E-state index contributed by atoms with van der Waals surface area (Å²) in [6, 6.07) is 0. The molecule has 0 aliphatic carbocycles. The van der Waals surface area contributed by atoms with Gasteiger partial charge in [0.25, 0.3) is 0 Å². The molecule has 0 fully saturated rings. The summed E-state index contributed by atoms with van der Waals surface area (Å²) in [4.78, 5) is 0. The molecule has 0 saturated heterocycles. The van der Waals surface area contributed by atoms with Gasteiger partial charge >= 0.3 is 96.4 Å². The normalized spacial score (nSPS) is 1.86. The second kappa shape index (κ2) is 117. The monoisotopic (exact) mass is 446 g/mol. The molecule has 0 atom stereocenters. The van der Waals surface area contributed by atoms with E-state index in [9.17, 15) is 0 Å². The summed E-state index contributed by atoms with van der Waals surface area (Å²) in [5, 5.41) is 0. The molecule has 4 radical (unpaired) electrons. The minimum absolute atomic E-state index is 0. The Morgan fingerprint density at radius 1 is 0.571 bits per heavy atom. The zero-order chi connectivity index (χ0) is 3.58. The second-order valence-corrected chi connectivity index (χ2v) is 1.03. The van der Waals surface area contributed by atoms with Crippen LogP contribution in [0.1, 0.15) is 0 Å². The first-order valence-electron chi connectivity index (χ1n) is 0.612. The van der Waals surface area contributed by atoms with Gasteiger partial charge < -0.3 is 28.2 Å². The summed E-state index contributed by atoms with van der Waals surface area (Å²) >= 11 is -4.08. The molecule has 100 valence electrons.